The summed E-state index contributed by atoms with van der Waals surface area (Å²) in [4.78, 5) is 33.0. The van der Waals surface area contributed by atoms with Crippen LogP contribution in [0.25, 0.3) is 0 Å². The minimum absolute atomic E-state index is 0.0330. The largest absolute Gasteiger partial charge is 0.494 e. The highest BCUT2D eigenvalue weighted by Crippen LogP contribution is 2.29. The van der Waals surface area contributed by atoms with Gasteiger partial charge in [0.1, 0.15) is 12.3 Å². The lowest BCUT2D eigenvalue weighted by atomic mass is 9.94. The Labute approximate surface area is 219 Å². The highest BCUT2D eigenvalue weighted by Gasteiger charge is 2.23. The number of rotatable bonds is 11. The fourth-order valence-corrected chi connectivity index (χ4v) is 4.90. The van der Waals surface area contributed by atoms with Crippen molar-refractivity contribution in [3.05, 3.63) is 59.7 Å². The number of guanidine groups is 1. The quantitative estimate of drug-likeness (QED) is 0.363. The van der Waals surface area contributed by atoms with Gasteiger partial charge in [0.2, 0.25) is 5.91 Å². The number of carbonyl (C=O) groups is 2. The lowest BCUT2D eigenvalue weighted by Crippen LogP contribution is -2.42. The molecular weight excluding hydrogens is 468 g/mol. The molecule has 1 heterocycles. The van der Waals surface area contributed by atoms with Crippen LogP contribution in [0, 0.1) is 0 Å². The molecule has 0 bridgehead atoms. The van der Waals surface area contributed by atoms with E-state index >= 15 is 0 Å². The first kappa shape index (κ1) is 26.5. The molecule has 4 rings (SSSR count). The van der Waals surface area contributed by atoms with Crippen molar-refractivity contribution in [2.45, 2.75) is 64.0 Å². The minimum atomic E-state index is -0.340. The molecule has 1 saturated carbocycles. The van der Waals surface area contributed by atoms with Crippen LogP contribution in [0.2, 0.25) is 0 Å². The van der Waals surface area contributed by atoms with Crippen molar-refractivity contribution in [2.24, 2.45) is 10.7 Å². The van der Waals surface area contributed by atoms with Crippen LogP contribution in [0.15, 0.2) is 53.5 Å². The van der Waals surface area contributed by atoms with Gasteiger partial charge in [-0.3, -0.25) is 9.59 Å². The van der Waals surface area contributed by atoms with E-state index in [1.54, 1.807) is 4.90 Å². The van der Waals surface area contributed by atoms with Crippen LogP contribution in [-0.2, 0) is 27.3 Å². The molecule has 198 valence electrons. The van der Waals surface area contributed by atoms with Gasteiger partial charge in [0.05, 0.1) is 18.9 Å². The summed E-state index contributed by atoms with van der Waals surface area (Å²) in [6, 6.07) is 16.0. The summed E-state index contributed by atoms with van der Waals surface area (Å²) < 4.78 is 11.3. The summed E-state index contributed by atoms with van der Waals surface area (Å²) in [6.07, 6.45) is 7.76. The van der Waals surface area contributed by atoms with Gasteiger partial charge < -0.3 is 25.0 Å². The number of aliphatic imine (C=N–C) groups is 1. The summed E-state index contributed by atoms with van der Waals surface area (Å²) in [5, 5.41) is 0. The number of amides is 1. The molecule has 0 saturated heterocycles. The zero-order valence-electron chi connectivity index (χ0n) is 21.7. The molecule has 8 heteroatoms. The second-order valence-corrected chi connectivity index (χ2v) is 9.82. The third-order valence-corrected chi connectivity index (χ3v) is 7.11. The standard InChI is InChI=1S/C29H38N4O4/c1-32(24-11-6-3-7-12-24)27(34)13-8-17-36-25-14-15-26-23(19-25)20-33(29(30)31-26)21-28(35)37-18-16-22-9-4-2-5-10-22/h2,4-5,9-10,14-15,19,24H,3,6-8,11-13,16-18,20-21H2,1H3,(H2,30,31). The molecule has 1 aliphatic carbocycles. The maximum Gasteiger partial charge on any atom is 0.325 e. The van der Waals surface area contributed by atoms with Crippen molar-refractivity contribution in [1.29, 1.82) is 0 Å². The number of hydrogen-bond acceptors (Lipinski definition) is 7. The Morgan fingerprint density at radius 1 is 1.08 bits per heavy atom. The molecule has 0 aromatic heterocycles. The Bertz CT molecular complexity index is 1080. The monoisotopic (exact) mass is 506 g/mol. The maximum atomic E-state index is 12.5. The molecule has 0 atom stereocenters. The van der Waals surface area contributed by atoms with E-state index in [1.807, 2.05) is 60.5 Å². The van der Waals surface area contributed by atoms with Crippen LogP contribution in [-0.4, -0.2) is 60.5 Å². The molecule has 8 nitrogen and oxygen atoms in total. The summed E-state index contributed by atoms with van der Waals surface area (Å²) in [5.74, 6) is 0.861. The maximum absolute atomic E-state index is 12.5. The van der Waals surface area contributed by atoms with Crippen molar-refractivity contribution in [3.8, 4) is 5.75 Å². The first-order chi connectivity index (χ1) is 18.0. The number of nitrogens with zero attached hydrogens (tertiary/aromatic N) is 3. The molecule has 2 aliphatic rings. The smallest absolute Gasteiger partial charge is 0.325 e. The van der Waals surface area contributed by atoms with Gasteiger partial charge in [0.25, 0.3) is 0 Å². The van der Waals surface area contributed by atoms with Gasteiger partial charge in [-0.2, -0.15) is 0 Å². The van der Waals surface area contributed by atoms with E-state index in [1.165, 1.54) is 19.3 Å². The molecule has 0 spiro atoms. The van der Waals surface area contributed by atoms with Gasteiger partial charge in [-0.15, -0.1) is 0 Å². The van der Waals surface area contributed by atoms with E-state index < -0.39 is 0 Å². The number of esters is 1. The summed E-state index contributed by atoms with van der Waals surface area (Å²) in [7, 11) is 1.93. The Morgan fingerprint density at radius 2 is 1.86 bits per heavy atom. The first-order valence-electron chi connectivity index (χ1n) is 13.3. The van der Waals surface area contributed by atoms with Gasteiger partial charge in [-0.05, 0) is 43.0 Å². The summed E-state index contributed by atoms with van der Waals surface area (Å²) in [6.45, 7) is 1.26. The predicted octanol–water partition coefficient (Wildman–Crippen LogP) is 4.18. The van der Waals surface area contributed by atoms with Gasteiger partial charge in [0, 0.05) is 38.0 Å². The molecule has 1 aliphatic heterocycles. The third-order valence-electron chi connectivity index (χ3n) is 7.11. The Morgan fingerprint density at radius 3 is 2.65 bits per heavy atom. The second-order valence-electron chi connectivity index (χ2n) is 9.82. The van der Waals surface area contributed by atoms with E-state index in [0.29, 0.717) is 56.8 Å². The van der Waals surface area contributed by atoms with E-state index in [2.05, 4.69) is 4.99 Å². The molecule has 1 amide bonds. The number of fused-ring (bicyclic) bond motifs is 1. The fraction of sp³-hybridized carbons (Fsp3) is 0.483. The number of hydrogen-bond donors (Lipinski definition) is 1. The second kappa shape index (κ2) is 13.1. The topological polar surface area (TPSA) is 97.5 Å². The number of carbonyl (C=O) groups excluding carboxylic acids is 2. The molecule has 0 radical (unpaired) electrons. The third kappa shape index (κ3) is 7.71. The highest BCUT2D eigenvalue weighted by molar-refractivity contribution is 5.87. The molecule has 2 aromatic carbocycles. The lowest BCUT2D eigenvalue weighted by Gasteiger charge is -2.31. The van der Waals surface area contributed by atoms with Crippen LogP contribution in [0.4, 0.5) is 5.69 Å². The van der Waals surface area contributed by atoms with Crippen LogP contribution in [0.3, 0.4) is 0 Å². The van der Waals surface area contributed by atoms with Crippen LogP contribution in [0.1, 0.15) is 56.1 Å². The van der Waals surface area contributed by atoms with Crippen molar-refractivity contribution >= 4 is 23.5 Å². The van der Waals surface area contributed by atoms with Crippen LogP contribution < -0.4 is 10.5 Å². The van der Waals surface area contributed by atoms with E-state index in [0.717, 1.165) is 29.7 Å². The number of benzene rings is 2. The van der Waals surface area contributed by atoms with Crippen LogP contribution >= 0.6 is 0 Å². The number of nitrogens with two attached hydrogens (primary N) is 1. The molecule has 0 unspecified atom stereocenters. The van der Waals surface area contributed by atoms with Crippen molar-refractivity contribution in [1.82, 2.24) is 9.80 Å². The molecule has 2 aromatic rings. The van der Waals surface area contributed by atoms with E-state index in [-0.39, 0.29) is 18.4 Å². The number of ether oxygens (including phenoxy) is 2. The highest BCUT2D eigenvalue weighted by atomic mass is 16.5. The fourth-order valence-electron chi connectivity index (χ4n) is 4.90. The zero-order valence-corrected chi connectivity index (χ0v) is 21.7. The molecule has 37 heavy (non-hydrogen) atoms. The average molecular weight is 507 g/mol. The summed E-state index contributed by atoms with van der Waals surface area (Å²) >= 11 is 0. The molecular formula is C29H38N4O4. The van der Waals surface area contributed by atoms with Crippen molar-refractivity contribution in [2.75, 3.05) is 26.8 Å². The predicted molar refractivity (Wildman–Crippen MR) is 144 cm³/mol. The van der Waals surface area contributed by atoms with Gasteiger partial charge >= 0.3 is 5.97 Å². The van der Waals surface area contributed by atoms with Gasteiger partial charge in [-0.1, -0.05) is 49.6 Å². The normalized spacial score (nSPS) is 15.5. The Hall–Kier alpha value is -3.55. The van der Waals surface area contributed by atoms with Gasteiger partial charge in [0.15, 0.2) is 5.96 Å². The zero-order chi connectivity index (χ0) is 26.0. The van der Waals surface area contributed by atoms with E-state index in [9.17, 15) is 9.59 Å². The minimum Gasteiger partial charge on any atom is -0.494 e. The van der Waals surface area contributed by atoms with E-state index in [4.69, 9.17) is 15.2 Å². The average Bonchev–Trinajstić information content (AvgIpc) is 2.92. The van der Waals surface area contributed by atoms with Crippen molar-refractivity contribution in [3.63, 3.8) is 0 Å². The SMILES string of the molecule is CN(C(=O)CCCOc1ccc2c(c1)CN(CC(=O)OCCc1ccccc1)C(N)=N2)C1CCCCC1. The summed E-state index contributed by atoms with van der Waals surface area (Å²) in [5.41, 5.74) is 8.92. The Balaban J connectivity index is 1.21. The Kier molecular flexibility index (Phi) is 9.40. The molecule has 1 fully saturated rings. The van der Waals surface area contributed by atoms with Gasteiger partial charge in [-0.25, -0.2) is 4.99 Å². The first-order valence-corrected chi connectivity index (χ1v) is 13.3. The lowest BCUT2D eigenvalue weighted by molar-refractivity contribution is -0.144. The van der Waals surface area contributed by atoms with Crippen LogP contribution in [0.5, 0.6) is 5.75 Å². The molecule has 2 N–H and O–H groups in total. The van der Waals surface area contributed by atoms with Crippen molar-refractivity contribution < 1.29 is 19.1 Å².